The second-order valence-electron chi connectivity index (χ2n) is 4.39. The first-order chi connectivity index (χ1) is 7.02. The molecule has 0 N–H and O–H groups in total. The summed E-state index contributed by atoms with van der Waals surface area (Å²) < 4.78 is 0. The van der Waals surface area contributed by atoms with Crippen LogP contribution in [0.25, 0.3) is 0 Å². The highest BCUT2D eigenvalue weighted by Gasteiger charge is 2.35. The van der Waals surface area contributed by atoms with E-state index >= 15 is 0 Å². The Hall–Kier alpha value is -0.510. The quantitative estimate of drug-likeness (QED) is 0.534. The molecule has 0 saturated carbocycles. The average Bonchev–Trinajstić information content (AvgIpc) is 2.41. The Balaban J connectivity index is 2.23. The van der Waals surface area contributed by atoms with Crippen LogP contribution in [-0.4, -0.2) is 34.8 Å². The van der Waals surface area contributed by atoms with Crippen molar-refractivity contribution in [2.75, 3.05) is 12.8 Å². The topological polar surface area (TPSA) is 37.4 Å². The van der Waals surface area contributed by atoms with E-state index in [1.54, 1.807) is 18.8 Å². The Morgan fingerprint density at radius 2 is 2.13 bits per heavy atom. The van der Waals surface area contributed by atoms with Crippen LogP contribution in [0.4, 0.5) is 0 Å². The summed E-state index contributed by atoms with van der Waals surface area (Å²) >= 11 is 1.63. The van der Waals surface area contributed by atoms with Gasteiger partial charge in [-0.05, 0) is 18.1 Å². The number of likely N-dealkylation sites (tertiary alicyclic amines) is 1. The third-order valence-corrected chi connectivity index (χ3v) is 3.88. The predicted octanol–water partition coefficient (Wildman–Crippen LogP) is 1.91. The van der Waals surface area contributed by atoms with Gasteiger partial charge in [-0.15, -0.1) is 11.8 Å². The fraction of sp³-hybridized carbons (Fsp3) is 0.818. The molecule has 0 aliphatic carbocycles. The van der Waals surface area contributed by atoms with Gasteiger partial charge < -0.3 is 0 Å². The van der Waals surface area contributed by atoms with Crippen molar-refractivity contribution in [1.29, 1.82) is 0 Å². The second-order valence-corrected chi connectivity index (χ2v) is 5.70. The molecule has 1 fully saturated rings. The molecular weight excluding hydrogens is 210 g/mol. The largest absolute Gasteiger partial charge is 0.285 e. The van der Waals surface area contributed by atoms with Crippen molar-refractivity contribution >= 4 is 23.6 Å². The summed E-state index contributed by atoms with van der Waals surface area (Å²) in [6.07, 6.45) is 2.71. The SMILES string of the molecule is CC(C)CCCSC1CC(=O)N(C)C1=O. The van der Waals surface area contributed by atoms with E-state index in [1.807, 2.05) is 0 Å². The molecule has 1 atom stereocenters. The molecule has 4 heteroatoms. The first-order valence-electron chi connectivity index (χ1n) is 5.44. The zero-order valence-electron chi connectivity index (χ0n) is 9.66. The summed E-state index contributed by atoms with van der Waals surface area (Å²) in [4.78, 5) is 24.0. The molecule has 1 rings (SSSR count). The minimum absolute atomic E-state index is 0.0189. The smallest absolute Gasteiger partial charge is 0.242 e. The Kier molecular flexibility index (Phi) is 4.64. The molecule has 0 aromatic rings. The molecule has 0 aromatic heterocycles. The first kappa shape index (κ1) is 12.6. The Morgan fingerprint density at radius 3 is 2.60 bits per heavy atom. The molecule has 0 radical (unpaired) electrons. The van der Waals surface area contributed by atoms with Crippen LogP contribution in [0.15, 0.2) is 0 Å². The van der Waals surface area contributed by atoms with E-state index in [-0.39, 0.29) is 17.1 Å². The molecule has 0 spiro atoms. The molecule has 1 heterocycles. The lowest BCUT2D eigenvalue weighted by Gasteiger charge is -2.09. The van der Waals surface area contributed by atoms with Crippen molar-refractivity contribution in [1.82, 2.24) is 4.90 Å². The van der Waals surface area contributed by atoms with E-state index < -0.39 is 0 Å². The van der Waals surface area contributed by atoms with Crippen LogP contribution in [-0.2, 0) is 9.59 Å². The monoisotopic (exact) mass is 229 g/mol. The maximum atomic E-state index is 11.5. The molecule has 15 heavy (non-hydrogen) atoms. The summed E-state index contributed by atoms with van der Waals surface area (Å²) in [6, 6.07) is 0. The van der Waals surface area contributed by atoms with Crippen molar-refractivity contribution in [2.45, 2.75) is 38.4 Å². The number of amides is 2. The molecule has 0 aromatic carbocycles. The lowest BCUT2D eigenvalue weighted by atomic mass is 10.1. The fourth-order valence-electron chi connectivity index (χ4n) is 1.57. The Labute approximate surface area is 95.6 Å². The van der Waals surface area contributed by atoms with E-state index in [9.17, 15) is 9.59 Å². The molecule has 1 aliphatic heterocycles. The lowest BCUT2D eigenvalue weighted by molar-refractivity contribution is -0.136. The van der Waals surface area contributed by atoms with Crippen molar-refractivity contribution in [3.05, 3.63) is 0 Å². The number of thioether (sulfide) groups is 1. The molecule has 0 bridgehead atoms. The van der Waals surface area contributed by atoms with Gasteiger partial charge in [-0.3, -0.25) is 14.5 Å². The van der Waals surface area contributed by atoms with Gasteiger partial charge in [-0.2, -0.15) is 0 Å². The van der Waals surface area contributed by atoms with Gasteiger partial charge in [-0.1, -0.05) is 20.3 Å². The van der Waals surface area contributed by atoms with Crippen LogP contribution in [0.2, 0.25) is 0 Å². The number of hydrogen-bond donors (Lipinski definition) is 0. The standard InChI is InChI=1S/C11H19NO2S/c1-8(2)5-4-6-15-9-7-10(13)12(3)11(9)14/h8-9H,4-7H2,1-3H3. The molecular formula is C11H19NO2S. The summed E-state index contributed by atoms with van der Waals surface area (Å²) in [5, 5.41) is -0.116. The zero-order valence-corrected chi connectivity index (χ0v) is 10.5. The van der Waals surface area contributed by atoms with E-state index in [4.69, 9.17) is 0 Å². The fourth-order valence-corrected chi connectivity index (χ4v) is 2.75. The predicted molar refractivity (Wildman–Crippen MR) is 62.7 cm³/mol. The minimum Gasteiger partial charge on any atom is -0.285 e. The van der Waals surface area contributed by atoms with Gasteiger partial charge in [0.2, 0.25) is 11.8 Å². The number of nitrogens with zero attached hydrogens (tertiary/aromatic N) is 1. The zero-order chi connectivity index (χ0) is 11.4. The normalized spacial score (nSPS) is 21.9. The second kappa shape index (κ2) is 5.54. The number of rotatable bonds is 5. The molecule has 2 amide bonds. The number of carbonyl (C=O) groups excluding carboxylic acids is 2. The first-order valence-corrected chi connectivity index (χ1v) is 6.49. The summed E-state index contributed by atoms with van der Waals surface area (Å²) in [5.41, 5.74) is 0. The minimum atomic E-state index is -0.116. The van der Waals surface area contributed by atoms with Gasteiger partial charge in [0.1, 0.15) is 0 Å². The van der Waals surface area contributed by atoms with Crippen LogP contribution in [0.5, 0.6) is 0 Å². The number of hydrogen-bond acceptors (Lipinski definition) is 3. The third kappa shape index (κ3) is 3.52. The van der Waals surface area contributed by atoms with Gasteiger partial charge in [0, 0.05) is 13.5 Å². The van der Waals surface area contributed by atoms with Crippen molar-refractivity contribution in [3.63, 3.8) is 0 Å². The van der Waals surface area contributed by atoms with E-state index in [0.717, 1.165) is 12.2 Å². The maximum Gasteiger partial charge on any atom is 0.242 e. The number of carbonyl (C=O) groups is 2. The Bertz CT molecular complexity index is 253. The van der Waals surface area contributed by atoms with Crippen LogP contribution < -0.4 is 0 Å². The Morgan fingerprint density at radius 1 is 1.47 bits per heavy atom. The molecule has 3 nitrogen and oxygen atoms in total. The third-order valence-electron chi connectivity index (χ3n) is 2.58. The van der Waals surface area contributed by atoms with Crippen LogP contribution in [0.3, 0.4) is 0 Å². The summed E-state index contributed by atoms with van der Waals surface area (Å²) in [6.45, 7) is 4.39. The highest BCUT2D eigenvalue weighted by molar-refractivity contribution is 8.00. The molecule has 1 aliphatic rings. The molecule has 1 unspecified atom stereocenters. The average molecular weight is 229 g/mol. The number of imide groups is 1. The molecule has 1 saturated heterocycles. The van der Waals surface area contributed by atoms with Crippen LogP contribution >= 0.6 is 11.8 Å². The highest BCUT2D eigenvalue weighted by atomic mass is 32.2. The summed E-state index contributed by atoms with van der Waals surface area (Å²) in [7, 11) is 1.57. The van der Waals surface area contributed by atoms with Crippen LogP contribution in [0.1, 0.15) is 33.1 Å². The molecule has 86 valence electrons. The van der Waals surface area contributed by atoms with Gasteiger partial charge >= 0.3 is 0 Å². The van der Waals surface area contributed by atoms with Gasteiger partial charge in [-0.25, -0.2) is 0 Å². The highest BCUT2D eigenvalue weighted by Crippen LogP contribution is 2.25. The van der Waals surface area contributed by atoms with Gasteiger partial charge in [0.05, 0.1) is 5.25 Å². The van der Waals surface area contributed by atoms with E-state index in [0.29, 0.717) is 12.3 Å². The lowest BCUT2D eigenvalue weighted by Crippen LogP contribution is -2.26. The van der Waals surface area contributed by atoms with Crippen molar-refractivity contribution in [2.24, 2.45) is 5.92 Å². The van der Waals surface area contributed by atoms with Gasteiger partial charge in [0.15, 0.2) is 0 Å². The van der Waals surface area contributed by atoms with E-state index in [1.165, 1.54) is 11.3 Å². The van der Waals surface area contributed by atoms with E-state index in [2.05, 4.69) is 13.8 Å². The van der Waals surface area contributed by atoms with Gasteiger partial charge in [0.25, 0.3) is 0 Å². The van der Waals surface area contributed by atoms with Crippen molar-refractivity contribution in [3.8, 4) is 0 Å². The van der Waals surface area contributed by atoms with Crippen LogP contribution in [0, 0.1) is 5.92 Å². The summed E-state index contributed by atoms with van der Waals surface area (Å²) in [5.74, 6) is 1.64. The van der Waals surface area contributed by atoms with Crippen molar-refractivity contribution < 1.29 is 9.59 Å². The maximum absolute atomic E-state index is 11.5.